The SMILES string of the molecule is OCC1CCC(Oc2cc(Cl)nnc2Cl)CC1. The highest BCUT2D eigenvalue weighted by atomic mass is 35.5. The van der Waals surface area contributed by atoms with Gasteiger partial charge in [-0.05, 0) is 31.6 Å². The Hall–Kier alpha value is -0.580. The summed E-state index contributed by atoms with van der Waals surface area (Å²) in [5.74, 6) is 0.892. The van der Waals surface area contributed by atoms with Crippen molar-refractivity contribution in [2.24, 2.45) is 5.92 Å². The molecule has 0 aromatic carbocycles. The van der Waals surface area contributed by atoms with Crippen LogP contribution in [0.1, 0.15) is 25.7 Å². The van der Waals surface area contributed by atoms with E-state index in [0.29, 0.717) is 11.7 Å². The van der Waals surface area contributed by atoms with Gasteiger partial charge in [0.15, 0.2) is 16.1 Å². The molecule has 0 amide bonds. The van der Waals surface area contributed by atoms with Gasteiger partial charge in [-0.25, -0.2) is 0 Å². The second-order valence-electron chi connectivity index (χ2n) is 4.27. The van der Waals surface area contributed by atoms with Gasteiger partial charge in [0.1, 0.15) is 0 Å². The maximum Gasteiger partial charge on any atom is 0.193 e. The lowest BCUT2D eigenvalue weighted by molar-refractivity contribution is 0.104. The smallest absolute Gasteiger partial charge is 0.193 e. The van der Waals surface area contributed by atoms with E-state index in [1.54, 1.807) is 6.07 Å². The minimum absolute atomic E-state index is 0.121. The number of ether oxygens (including phenoxy) is 1. The number of aliphatic hydroxyl groups is 1. The lowest BCUT2D eigenvalue weighted by atomic mass is 9.88. The first-order chi connectivity index (χ1) is 8.19. The monoisotopic (exact) mass is 276 g/mol. The maximum absolute atomic E-state index is 9.05. The van der Waals surface area contributed by atoms with Gasteiger partial charge in [-0.15, -0.1) is 10.2 Å². The van der Waals surface area contributed by atoms with Crippen LogP contribution in [0.2, 0.25) is 10.3 Å². The predicted molar refractivity (Wildman–Crippen MR) is 65.5 cm³/mol. The normalized spacial score (nSPS) is 24.6. The lowest BCUT2D eigenvalue weighted by Gasteiger charge is -2.27. The molecule has 0 aliphatic heterocycles. The molecule has 1 aromatic rings. The summed E-state index contributed by atoms with van der Waals surface area (Å²) < 4.78 is 5.76. The van der Waals surface area contributed by atoms with Gasteiger partial charge in [0.2, 0.25) is 0 Å². The third-order valence-electron chi connectivity index (χ3n) is 3.03. The molecule has 94 valence electrons. The van der Waals surface area contributed by atoms with Crippen LogP contribution in [0.4, 0.5) is 0 Å². The van der Waals surface area contributed by atoms with Crippen molar-refractivity contribution in [3.05, 3.63) is 16.4 Å². The number of halogens is 2. The fraction of sp³-hybridized carbons (Fsp3) is 0.636. The summed E-state index contributed by atoms with van der Waals surface area (Å²) in [6.45, 7) is 0.260. The van der Waals surface area contributed by atoms with Gasteiger partial charge in [-0.1, -0.05) is 23.2 Å². The highest BCUT2D eigenvalue weighted by Crippen LogP contribution is 2.30. The Bertz CT molecular complexity index is 382. The van der Waals surface area contributed by atoms with Gasteiger partial charge >= 0.3 is 0 Å². The van der Waals surface area contributed by atoms with E-state index < -0.39 is 0 Å². The Morgan fingerprint density at radius 1 is 1.24 bits per heavy atom. The van der Waals surface area contributed by atoms with Gasteiger partial charge in [0, 0.05) is 12.7 Å². The summed E-state index contributed by atoms with van der Waals surface area (Å²) in [6, 6.07) is 1.58. The zero-order valence-electron chi connectivity index (χ0n) is 9.27. The molecule has 6 heteroatoms. The fourth-order valence-corrected chi connectivity index (χ4v) is 2.31. The molecule has 1 aromatic heterocycles. The Morgan fingerprint density at radius 3 is 2.59 bits per heavy atom. The summed E-state index contributed by atoms with van der Waals surface area (Å²) >= 11 is 11.6. The number of aliphatic hydroxyl groups excluding tert-OH is 1. The number of nitrogens with zero attached hydrogens (tertiary/aromatic N) is 2. The first-order valence-electron chi connectivity index (χ1n) is 5.65. The molecule has 1 aliphatic rings. The van der Waals surface area contributed by atoms with Crippen LogP contribution in [-0.4, -0.2) is 28.0 Å². The van der Waals surface area contributed by atoms with Crippen LogP contribution in [0.3, 0.4) is 0 Å². The lowest BCUT2D eigenvalue weighted by Crippen LogP contribution is -2.25. The molecule has 4 nitrogen and oxygen atoms in total. The topological polar surface area (TPSA) is 55.2 Å². The molecule has 2 rings (SSSR count). The quantitative estimate of drug-likeness (QED) is 0.922. The summed E-state index contributed by atoms with van der Waals surface area (Å²) in [5.41, 5.74) is 0. The molecular formula is C11H14Cl2N2O2. The van der Waals surface area contributed by atoms with Crippen LogP contribution in [0.15, 0.2) is 6.07 Å². The Labute approximate surface area is 110 Å². The Kier molecular flexibility index (Phi) is 4.42. The molecule has 0 radical (unpaired) electrons. The molecule has 0 spiro atoms. The molecule has 1 fully saturated rings. The van der Waals surface area contributed by atoms with Crippen molar-refractivity contribution in [1.29, 1.82) is 0 Å². The van der Waals surface area contributed by atoms with Gasteiger partial charge in [-0.2, -0.15) is 0 Å². The first kappa shape index (κ1) is 12.9. The second-order valence-corrected chi connectivity index (χ2v) is 5.01. The number of rotatable bonds is 3. The second kappa shape index (κ2) is 5.85. The average molecular weight is 277 g/mol. The van der Waals surface area contributed by atoms with E-state index in [1.165, 1.54) is 0 Å². The number of aromatic nitrogens is 2. The largest absolute Gasteiger partial charge is 0.487 e. The van der Waals surface area contributed by atoms with Crippen LogP contribution in [0, 0.1) is 5.92 Å². The summed E-state index contributed by atoms with van der Waals surface area (Å²) in [5, 5.41) is 16.9. The van der Waals surface area contributed by atoms with Crippen molar-refractivity contribution in [2.45, 2.75) is 31.8 Å². The van der Waals surface area contributed by atoms with E-state index in [9.17, 15) is 0 Å². The Balaban J connectivity index is 1.95. The van der Waals surface area contributed by atoms with E-state index in [4.69, 9.17) is 33.0 Å². The predicted octanol–water partition coefficient (Wildman–Crippen LogP) is 2.71. The van der Waals surface area contributed by atoms with Gasteiger partial charge in [0.25, 0.3) is 0 Å². The molecule has 0 saturated heterocycles. The van der Waals surface area contributed by atoms with Crippen molar-refractivity contribution < 1.29 is 9.84 Å². The summed E-state index contributed by atoms with van der Waals surface area (Å²) in [4.78, 5) is 0. The highest BCUT2D eigenvalue weighted by molar-refractivity contribution is 6.32. The minimum Gasteiger partial charge on any atom is -0.487 e. The van der Waals surface area contributed by atoms with Crippen LogP contribution < -0.4 is 4.74 Å². The van der Waals surface area contributed by atoms with Crippen molar-refractivity contribution >= 4 is 23.2 Å². The van der Waals surface area contributed by atoms with E-state index in [0.717, 1.165) is 25.7 Å². The molecular weight excluding hydrogens is 263 g/mol. The standard InChI is InChI=1S/C11H14Cl2N2O2/c12-10-5-9(11(13)15-14-10)17-8-3-1-7(6-16)2-4-8/h5,7-8,16H,1-4,6H2. The zero-order chi connectivity index (χ0) is 12.3. The van der Waals surface area contributed by atoms with E-state index >= 15 is 0 Å². The van der Waals surface area contributed by atoms with E-state index in [1.807, 2.05) is 0 Å². The number of hydrogen-bond acceptors (Lipinski definition) is 4. The van der Waals surface area contributed by atoms with Gasteiger partial charge in [0.05, 0.1) is 6.10 Å². The van der Waals surface area contributed by atoms with E-state index in [2.05, 4.69) is 10.2 Å². The molecule has 0 unspecified atom stereocenters. The third-order valence-corrected chi connectivity index (χ3v) is 3.48. The molecule has 17 heavy (non-hydrogen) atoms. The molecule has 0 bridgehead atoms. The molecule has 1 heterocycles. The van der Waals surface area contributed by atoms with Crippen LogP contribution >= 0.6 is 23.2 Å². The van der Waals surface area contributed by atoms with Crippen molar-refractivity contribution in [2.75, 3.05) is 6.61 Å². The molecule has 1 saturated carbocycles. The van der Waals surface area contributed by atoms with Crippen LogP contribution in [0.5, 0.6) is 5.75 Å². The zero-order valence-corrected chi connectivity index (χ0v) is 10.8. The summed E-state index contributed by atoms with van der Waals surface area (Å²) in [6.07, 6.45) is 3.91. The Morgan fingerprint density at radius 2 is 1.94 bits per heavy atom. The van der Waals surface area contributed by atoms with Crippen molar-refractivity contribution in [3.63, 3.8) is 0 Å². The minimum atomic E-state index is 0.121. The molecule has 1 aliphatic carbocycles. The maximum atomic E-state index is 9.05. The van der Waals surface area contributed by atoms with E-state index in [-0.39, 0.29) is 23.0 Å². The fourth-order valence-electron chi connectivity index (χ4n) is 2.03. The van der Waals surface area contributed by atoms with Crippen LogP contribution in [-0.2, 0) is 0 Å². The molecule has 0 atom stereocenters. The molecule has 1 N–H and O–H groups in total. The first-order valence-corrected chi connectivity index (χ1v) is 6.41. The summed E-state index contributed by atoms with van der Waals surface area (Å²) in [7, 11) is 0. The van der Waals surface area contributed by atoms with Gasteiger partial charge in [-0.3, -0.25) is 0 Å². The third kappa shape index (κ3) is 3.44. The van der Waals surface area contributed by atoms with Crippen LogP contribution in [0.25, 0.3) is 0 Å². The highest BCUT2D eigenvalue weighted by Gasteiger charge is 2.22. The average Bonchev–Trinajstić information content (AvgIpc) is 2.35. The number of hydrogen-bond donors (Lipinski definition) is 1. The van der Waals surface area contributed by atoms with Crippen molar-refractivity contribution in [3.8, 4) is 5.75 Å². The van der Waals surface area contributed by atoms with Crippen molar-refractivity contribution in [1.82, 2.24) is 10.2 Å². The van der Waals surface area contributed by atoms with Gasteiger partial charge < -0.3 is 9.84 Å².